The fraction of sp³-hybridized carbons (Fsp3) is 0.800. The topological polar surface area (TPSA) is 33.0 Å². The van der Waals surface area contributed by atoms with E-state index in [2.05, 4.69) is 6.07 Å². The van der Waals surface area contributed by atoms with Crippen LogP contribution in [0, 0.1) is 11.3 Å². The van der Waals surface area contributed by atoms with Gasteiger partial charge in [0.2, 0.25) is 0 Å². The van der Waals surface area contributed by atoms with Crippen molar-refractivity contribution in [1.82, 2.24) is 0 Å². The van der Waals surface area contributed by atoms with Crippen molar-refractivity contribution in [3.05, 3.63) is 0 Å². The normalized spacial score (nSPS) is 10.0. The van der Waals surface area contributed by atoms with E-state index in [1.165, 1.54) is 0 Å². The zero-order valence-electron chi connectivity index (χ0n) is 4.98. The Labute approximate surface area is 51.7 Å². The van der Waals surface area contributed by atoms with Crippen LogP contribution < -0.4 is 0 Å². The van der Waals surface area contributed by atoms with Crippen LogP contribution in [0.25, 0.3) is 0 Å². The summed E-state index contributed by atoms with van der Waals surface area (Å²) in [6.45, 7) is 0. The molecule has 0 aliphatic rings. The minimum absolute atomic E-state index is 0.574. The monoisotopic (exact) mass is 131 g/mol. The van der Waals surface area contributed by atoms with E-state index in [0.29, 0.717) is 15.2 Å². The second kappa shape index (κ2) is 6.88. The number of hydrogen-bond donors (Lipinski definition) is 0. The Kier molecular flexibility index (Phi) is 6.78. The maximum absolute atomic E-state index is 8.08. The second-order valence-electron chi connectivity index (χ2n) is 1.36. The van der Waals surface area contributed by atoms with E-state index in [4.69, 9.17) is 9.79 Å². The van der Waals surface area contributed by atoms with Crippen molar-refractivity contribution in [2.45, 2.75) is 12.8 Å². The molecule has 0 spiro atoms. The summed E-state index contributed by atoms with van der Waals surface area (Å²) in [4.78, 5) is 0. The summed E-state index contributed by atoms with van der Waals surface area (Å²) in [5.74, 6) is 0. The van der Waals surface area contributed by atoms with E-state index in [-0.39, 0.29) is 0 Å². The zero-order valence-corrected chi connectivity index (χ0v) is 5.98. The van der Waals surface area contributed by atoms with Crippen LogP contribution in [-0.4, -0.2) is 13.3 Å². The third-order valence-electron chi connectivity index (χ3n) is 0.712. The van der Waals surface area contributed by atoms with Crippen molar-refractivity contribution >= 4 is 8.81 Å². The van der Waals surface area contributed by atoms with Crippen LogP contribution >= 0.6 is 8.81 Å². The van der Waals surface area contributed by atoms with Crippen LogP contribution in [0.1, 0.15) is 12.8 Å². The molecule has 0 rings (SSSR count). The van der Waals surface area contributed by atoms with Gasteiger partial charge in [0.25, 0.3) is 0 Å². The molecule has 1 atom stereocenters. The molecule has 46 valence electrons. The molecular weight excluding hydrogens is 121 g/mol. The average molecular weight is 131 g/mol. The van der Waals surface area contributed by atoms with Crippen LogP contribution in [0.4, 0.5) is 0 Å². The van der Waals surface area contributed by atoms with Gasteiger partial charge in [0.1, 0.15) is 0 Å². The maximum atomic E-state index is 8.08. The van der Waals surface area contributed by atoms with Gasteiger partial charge in [-0.2, -0.15) is 5.26 Å². The molecule has 1 unspecified atom stereocenters. The smallest absolute Gasteiger partial charge is 0.0621 e. The van der Waals surface area contributed by atoms with Crippen molar-refractivity contribution in [2.24, 2.45) is 0 Å². The van der Waals surface area contributed by atoms with Crippen LogP contribution in [0.15, 0.2) is 0 Å². The summed E-state index contributed by atoms with van der Waals surface area (Å²) >= 11 is 0. The molecule has 0 fully saturated rings. The lowest BCUT2D eigenvalue weighted by molar-refractivity contribution is 0.474. The molecule has 0 aromatic heterocycles. The number of hydrogen-bond acceptors (Lipinski definition) is 2. The standard InChI is InChI=1S/C5H10NOP/c1-7-8-5-3-2-4-6/h8H,2-3,5H2,1H3. The molecule has 0 amide bonds. The molecule has 0 heterocycles. The lowest BCUT2D eigenvalue weighted by Gasteiger charge is -1.91. The molecule has 0 aromatic carbocycles. The lowest BCUT2D eigenvalue weighted by atomic mass is 10.4. The number of rotatable bonds is 4. The second-order valence-corrected chi connectivity index (χ2v) is 2.56. The molecule has 0 aromatic rings. The lowest BCUT2D eigenvalue weighted by Crippen LogP contribution is -1.74. The summed E-state index contributed by atoms with van der Waals surface area (Å²) in [6, 6.07) is 2.08. The van der Waals surface area contributed by atoms with Gasteiger partial charge in [0.15, 0.2) is 0 Å². The fourth-order valence-corrected chi connectivity index (χ4v) is 0.867. The van der Waals surface area contributed by atoms with Crippen molar-refractivity contribution in [1.29, 1.82) is 5.26 Å². The molecule has 0 aliphatic carbocycles. The average Bonchev–Trinajstić information content (AvgIpc) is 1.81. The van der Waals surface area contributed by atoms with Crippen LogP contribution in [0.5, 0.6) is 0 Å². The quantitative estimate of drug-likeness (QED) is 0.428. The van der Waals surface area contributed by atoms with Gasteiger partial charge in [0, 0.05) is 22.3 Å². The van der Waals surface area contributed by atoms with E-state index in [1.807, 2.05) is 0 Å². The summed E-state index contributed by atoms with van der Waals surface area (Å²) in [6.07, 6.45) is 2.67. The Hall–Kier alpha value is -0.120. The van der Waals surface area contributed by atoms with Crippen molar-refractivity contribution in [2.75, 3.05) is 13.3 Å². The molecule has 0 saturated heterocycles. The number of nitrogens with zero attached hydrogens (tertiary/aromatic N) is 1. The first-order chi connectivity index (χ1) is 3.91. The van der Waals surface area contributed by atoms with E-state index in [9.17, 15) is 0 Å². The van der Waals surface area contributed by atoms with Crippen molar-refractivity contribution in [3.8, 4) is 6.07 Å². The Bertz CT molecular complexity index is 79.0. The highest BCUT2D eigenvalue weighted by Crippen LogP contribution is 2.10. The predicted octanol–water partition coefficient (Wildman–Crippen LogP) is 1.53. The number of unbranched alkanes of at least 4 members (excludes halogenated alkanes) is 1. The number of nitriles is 1. The van der Waals surface area contributed by atoms with Gasteiger partial charge in [-0.1, -0.05) is 0 Å². The minimum Gasteiger partial charge on any atom is -0.366 e. The highest BCUT2D eigenvalue weighted by molar-refractivity contribution is 7.32. The molecular formula is C5H10NOP. The van der Waals surface area contributed by atoms with Crippen LogP contribution in [-0.2, 0) is 4.52 Å². The Morgan fingerprint density at radius 3 is 3.00 bits per heavy atom. The molecule has 0 bridgehead atoms. The zero-order chi connectivity index (χ0) is 6.24. The maximum Gasteiger partial charge on any atom is 0.0621 e. The van der Waals surface area contributed by atoms with E-state index in [1.54, 1.807) is 7.11 Å². The van der Waals surface area contributed by atoms with Gasteiger partial charge in [0.05, 0.1) is 6.07 Å². The molecule has 0 radical (unpaired) electrons. The predicted molar refractivity (Wildman–Crippen MR) is 35.0 cm³/mol. The first kappa shape index (κ1) is 7.88. The summed E-state index contributed by atoms with van der Waals surface area (Å²) < 4.78 is 4.81. The molecule has 0 saturated carbocycles. The SMILES string of the molecule is COPCCCC#N. The van der Waals surface area contributed by atoms with Crippen LogP contribution in [0.3, 0.4) is 0 Å². The molecule has 0 N–H and O–H groups in total. The van der Waals surface area contributed by atoms with Crippen LogP contribution in [0.2, 0.25) is 0 Å². The van der Waals surface area contributed by atoms with Crippen molar-refractivity contribution in [3.63, 3.8) is 0 Å². The molecule has 2 nitrogen and oxygen atoms in total. The molecule has 8 heavy (non-hydrogen) atoms. The van der Waals surface area contributed by atoms with Gasteiger partial charge in [-0.15, -0.1) is 0 Å². The van der Waals surface area contributed by atoms with E-state index < -0.39 is 0 Å². The minimum atomic E-state index is 0.574. The molecule has 3 heteroatoms. The third-order valence-corrected chi connectivity index (χ3v) is 1.56. The van der Waals surface area contributed by atoms with Gasteiger partial charge in [-0.3, -0.25) is 0 Å². The third kappa shape index (κ3) is 5.88. The highest BCUT2D eigenvalue weighted by atomic mass is 31.1. The Morgan fingerprint density at radius 1 is 1.75 bits per heavy atom. The Balaban J connectivity index is 2.65. The van der Waals surface area contributed by atoms with E-state index in [0.717, 1.165) is 12.6 Å². The molecule has 0 aliphatic heterocycles. The Morgan fingerprint density at radius 2 is 2.50 bits per heavy atom. The van der Waals surface area contributed by atoms with Crippen molar-refractivity contribution < 1.29 is 4.52 Å². The van der Waals surface area contributed by atoms with E-state index >= 15 is 0 Å². The van der Waals surface area contributed by atoms with Gasteiger partial charge >= 0.3 is 0 Å². The first-order valence-electron chi connectivity index (χ1n) is 2.54. The fourth-order valence-electron chi connectivity index (χ4n) is 0.342. The van der Waals surface area contributed by atoms with Gasteiger partial charge in [-0.05, 0) is 12.6 Å². The first-order valence-corrected chi connectivity index (χ1v) is 3.66. The van der Waals surface area contributed by atoms with Gasteiger partial charge in [-0.25, -0.2) is 0 Å². The largest absolute Gasteiger partial charge is 0.366 e. The summed E-state index contributed by atoms with van der Waals surface area (Å²) in [7, 11) is 2.26. The summed E-state index contributed by atoms with van der Waals surface area (Å²) in [5.41, 5.74) is 0. The van der Waals surface area contributed by atoms with Gasteiger partial charge < -0.3 is 4.52 Å². The highest BCUT2D eigenvalue weighted by Gasteiger charge is 1.83. The summed E-state index contributed by atoms with van der Waals surface area (Å²) in [5, 5.41) is 8.08.